The zero-order chi connectivity index (χ0) is 27.7. The lowest BCUT2D eigenvalue weighted by Gasteiger charge is -2.26. The Morgan fingerprint density at radius 1 is 0.949 bits per heavy atom. The van der Waals surface area contributed by atoms with E-state index in [0.29, 0.717) is 24.6 Å². The van der Waals surface area contributed by atoms with E-state index in [9.17, 15) is 13.2 Å². The van der Waals surface area contributed by atoms with Crippen LogP contribution in [0.4, 0.5) is 5.69 Å². The molecular weight excluding hydrogens is 530 g/mol. The first-order chi connectivity index (χ1) is 18.9. The third-order valence-corrected chi connectivity index (χ3v) is 9.25. The highest BCUT2D eigenvalue weighted by Gasteiger charge is 2.29. The van der Waals surface area contributed by atoms with Crippen LogP contribution in [0.1, 0.15) is 37.3 Å². The number of hydrogen-bond donors (Lipinski definition) is 1. The third kappa shape index (κ3) is 7.77. The predicted octanol–water partition coefficient (Wildman–Crippen LogP) is 5.30. The van der Waals surface area contributed by atoms with Gasteiger partial charge in [-0.05, 0) is 86.6 Å². The number of hydrogen-bond acceptors (Lipinski definition) is 6. The van der Waals surface area contributed by atoms with Crippen molar-refractivity contribution in [1.82, 2.24) is 10.2 Å². The minimum Gasteiger partial charge on any atom is -0.492 e. The summed E-state index contributed by atoms with van der Waals surface area (Å²) in [5.74, 6) is 0.00408. The van der Waals surface area contributed by atoms with Gasteiger partial charge in [0, 0.05) is 18.0 Å². The Hall–Kier alpha value is -3.01. The summed E-state index contributed by atoms with van der Waals surface area (Å²) in [6.45, 7) is 5.37. The number of ether oxygens (including phenoxy) is 1. The van der Waals surface area contributed by atoms with Gasteiger partial charge in [0.15, 0.2) is 0 Å². The molecule has 1 fully saturated rings. The predicted molar refractivity (Wildman–Crippen MR) is 158 cm³/mol. The van der Waals surface area contributed by atoms with E-state index in [1.165, 1.54) is 36.6 Å². The molecule has 1 amide bonds. The van der Waals surface area contributed by atoms with Crippen LogP contribution in [0.2, 0.25) is 0 Å². The third-order valence-electron chi connectivity index (χ3n) is 6.74. The molecule has 3 aromatic carbocycles. The minimum absolute atomic E-state index is 0.115. The fourth-order valence-corrected chi connectivity index (χ4v) is 6.48. The van der Waals surface area contributed by atoms with Gasteiger partial charge in [0.1, 0.15) is 12.3 Å². The molecular formula is C30H37N3O4S2. The standard InChI is InChI=1S/C30H37N3O4S2/c1-3-37-29-10-6-5-9-28(29)33(39(35,36)27-17-15-26(38-2)16-18-27)23-30(34)31-21-24-11-13-25(14-12-24)22-32-19-7-4-8-20-32/h5-6,9-18H,3-4,7-8,19-23H2,1-2H3,(H,31,34). The van der Waals surface area contributed by atoms with Crippen molar-refractivity contribution in [2.45, 2.75) is 49.1 Å². The molecule has 0 spiro atoms. The molecule has 7 nitrogen and oxygen atoms in total. The lowest BCUT2D eigenvalue weighted by molar-refractivity contribution is -0.119. The quantitative estimate of drug-likeness (QED) is 0.299. The SMILES string of the molecule is CCOc1ccccc1N(CC(=O)NCc1ccc(CN2CCCCC2)cc1)S(=O)(=O)c1ccc(SC)cc1. The van der Waals surface area contributed by atoms with Crippen LogP contribution < -0.4 is 14.4 Å². The summed E-state index contributed by atoms with van der Waals surface area (Å²) in [5, 5.41) is 2.89. The number of thioether (sulfide) groups is 1. The van der Waals surface area contributed by atoms with E-state index >= 15 is 0 Å². The molecule has 1 aliphatic rings. The van der Waals surface area contributed by atoms with Gasteiger partial charge in [-0.15, -0.1) is 11.8 Å². The van der Waals surface area contributed by atoms with Gasteiger partial charge >= 0.3 is 0 Å². The molecule has 0 aliphatic carbocycles. The number of carbonyl (C=O) groups excluding carboxylic acids is 1. The molecule has 3 aromatic rings. The van der Waals surface area contributed by atoms with Crippen LogP contribution in [0.25, 0.3) is 0 Å². The van der Waals surface area contributed by atoms with Crippen molar-refractivity contribution >= 4 is 33.4 Å². The van der Waals surface area contributed by atoms with Gasteiger partial charge < -0.3 is 10.1 Å². The smallest absolute Gasteiger partial charge is 0.264 e. The molecule has 0 unspecified atom stereocenters. The lowest BCUT2D eigenvalue weighted by atomic mass is 10.1. The van der Waals surface area contributed by atoms with Crippen molar-refractivity contribution < 1.29 is 17.9 Å². The maximum absolute atomic E-state index is 13.8. The summed E-state index contributed by atoms with van der Waals surface area (Å²) in [7, 11) is -4.04. The van der Waals surface area contributed by atoms with Crippen molar-refractivity contribution in [3.05, 3.63) is 83.9 Å². The van der Waals surface area contributed by atoms with Crippen molar-refractivity contribution in [2.24, 2.45) is 0 Å². The maximum atomic E-state index is 13.8. The van der Waals surface area contributed by atoms with E-state index in [1.54, 1.807) is 48.5 Å². The molecule has 0 saturated carbocycles. The van der Waals surface area contributed by atoms with Gasteiger partial charge in [-0.25, -0.2) is 8.42 Å². The summed E-state index contributed by atoms with van der Waals surface area (Å²) in [4.78, 5) is 16.7. The van der Waals surface area contributed by atoms with Gasteiger partial charge in [-0.3, -0.25) is 14.0 Å². The first-order valence-corrected chi connectivity index (χ1v) is 16.0. The zero-order valence-corrected chi connectivity index (χ0v) is 24.3. The van der Waals surface area contributed by atoms with E-state index in [-0.39, 0.29) is 11.4 Å². The van der Waals surface area contributed by atoms with E-state index in [1.807, 2.05) is 25.3 Å². The molecule has 1 aliphatic heterocycles. The second-order valence-corrected chi connectivity index (χ2v) is 12.3. The number of nitrogens with zero attached hydrogens (tertiary/aromatic N) is 2. The van der Waals surface area contributed by atoms with Crippen LogP contribution >= 0.6 is 11.8 Å². The topological polar surface area (TPSA) is 79.0 Å². The second-order valence-electron chi connectivity index (χ2n) is 9.52. The number of piperidine rings is 1. The molecule has 0 atom stereocenters. The summed E-state index contributed by atoms with van der Waals surface area (Å²) < 4.78 is 34.4. The van der Waals surface area contributed by atoms with Crippen molar-refractivity contribution in [3.8, 4) is 5.75 Å². The summed E-state index contributed by atoms with van der Waals surface area (Å²) in [6.07, 6.45) is 5.76. The van der Waals surface area contributed by atoms with Crippen molar-refractivity contribution in [1.29, 1.82) is 0 Å². The van der Waals surface area contributed by atoms with E-state index in [4.69, 9.17) is 4.74 Å². The monoisotopic (exact) mass is 567 g/mol. The number of nitrogens with one attached hydrogen (secondary N) is 1. The van der Waals surface area contributed by atoms with E-state index in [0.717, 1.165) is 34.4 Å². The average Bonchev–Trinajstić information content (AvgIpc) is 2.96. The lowest BCUT2D eigenvalue weighted by Crippen LogP contribution is -2.40. The molecule has 1 N–H and O–H groups in total. The number of sulfonamides is 1. The van der Waals surface area contributed by atoms with Crippen LogP contribution in [0.3, 0.4) is 0 Å². The molecule has 4 rings (SSSR count). The number of anilines is 1. The van der Waals surface area contributed by atoms with E-state index < -0.39 is 15.9 Å². The Bertz CT molecular complexity index is 1320. The largest absolute Gasteiger partial charge is 0.492 e. The molecule has 39 heavy (non-hydrogen) atoms. The van der Waals surface area contributed by atoms with Crippen LogP contribution in [-0.4, -0.2) is 51.7 Å². The average molecular weight is 568 g/mol. The first-order valence-electron chi connectivity index (χ1n) is 13.4. The highest BCUT2D eigenvalue weighted by atomic mass is 32.2. The van der Waals surface area contributed by atoms with Gasteiger partial charge in [-0.1, -0.05) is 42.8 Å². The summed E-state index contributed by atoms with van der Waals surface area (Å²) in [5.41, 5.74) is 2.54. The van der Waals surface area contributed by atoms with Gasteiger partial charge in [0.25, 0.3) is 10.0 Å². The zero-order valence-electron chi connectivity index (χ0n) is 22.6. The number of benzene rings is 3. The molecule has 1 heterocycles. The highest BCUT2D eigenvalue weighted by molar-refractivity contribution is 7.98. The molecule has 0 radical (unpaired) electrons. The summed E-state index contributed by atoms with van der Waals surface area (Å²) in [6, 6.07) is 21.8. The first kappa shape index (κ1) is 29.0. The Morgan fingerprint density at radius 2 is 1.62 bits per heavy atom. The van der Waals surface area contributed by atoms with E-state index in [2.05, 4.69) is 22.3 Å². The number of carbonyl (C=O) groups is 1. The second kappa shape index (κ2) is 13.9. The fourth-order valence-electron chi connectivity index (χ4n) is 4.64. The minimum atomic E-state index is -4.04. The van der Waals surface area contributed by atoms with Gasteiger partial charge in [0.2, 0.25) is 5.91 Å². The number of amides is 1. The Morgan fingerprint density at radius 3 is 2.28 bits per heavy atom. The van der Waals surface area contributed by atoms with Gasteiger partial charge in [0.05, 0.1) is 17.2 Å². The van der Waals surface area contributed by atoms with Crippen LogP contribution in [-0.2, 0) is 27.9 Å². The Kier molecular flexibility index (Phi) is 10.3. The van der Waals surface area contributed by atoms with Crippen LogP contribution in [0.15, 0.2) is 82.6 Å². The molecule has 9 heteroatoms. The number of para-hydroxylation sites is 2. The molecule has 0 aromatic heterocycles. The Balaban J connectivity index is 1.48. The van der Waals surface area contributed by atoms with Gasteiger partial charge in [-0.2, -0.15) is 0 Å². The number of likely N-dealkylation sites (tertiary alicyclic amines) is 1. The Labute approximate surface area is 236 Å². The summed E-state index contributed by atoms with van der Waals surface area (Å²) >= 11 is 1.53. The van der Waals surface area contributed by atoms with Crippen molar-refractivity contribution in [3.63, 3.8) is 0 Å². The maximum Gasteiger partial charge on any atom is 0.264 e. The number of rotatable bonds is 12. The normalized spacial score (nSPS) is 14.1. The molecule has 1 saturated heterocycles. The fraction of sp³-hybridized carbons (Fsp3) is 0.367. The van der Waals surface area contributed by atoms with Crippen molar-refractivity contribution in [2.75, 3.05) is 36.8 Å². The highest BCUT2D eigenvalue weighted by Crippen LogP contribution is 2.33. The van der Waals surface area contributed by atoms with Crippen LogP contribution in [0.5, 0.6) is 5.75 Å². The van der Waals surface area contributed by atoms with Crippen LogP contribution in [0, 0.1) is 0 Å². The molecule has 0 bridgehead atoms. The molecule has 208 valence electrons.